The third-order valence-corrected chi connectivity index (χ3v) is 2.70. The van der Waals surface area contributed by atoms with Crippen molar-refractivity contribution < 1.29 is 26.6 Å². The normalized spacial score (nSPS) is 9.50. The first-order chi connectivity index (χ1) is 9.15. The van der Waals surface area contributed by atoms with Crippen LogP contribution in [0.2, 0.25) is 5.02 Å². The van der Waals surface area contributed by atoms with Gasteiger partial charge in [-0.3, -0.25) is 4.79 Å². The molecular formula is C14H14Cl2N2O2. The predicted octanol–water partition coefficient (Wildman–Crippen LogP) is -0.911. The Kier molecular flexibility index (Phi) is 6.28. The molecule has 0 atom stereocenters. The Hall–Kier alpha value is -1.78. The first-order valence-electron chi connectivity index (χ1n) is 5.80. The highest BCUT2D eigenvalue weighted by atomic mass is 35.5. The second-order valence-corrected chi connectivity index (χ2v) is 4.45. The van der Waals surface area contributed by atoms with Gasteiger partial charge in [0.2, 0.25) is 0 Å². The lowest BCUT2D eigenvalue weighted by Gasteiger charge is -2.07. The molecule has 2 rings (SSSR count). The fourth-order valence-electron chi connectivity index (χ4n) is 1.57. The summed E-state index contributed by atoms with van der Waals surface area (Å²) in [5.74, 6) is 0.420. The lowest BCUT2D eigenvalue weighted by atomic mass is 10.2. The highest BCUT2D eigenvalue weighted by Crippen LogP contribution is 2.21. The Labute approximate surface area is 128 Å². The Bertz CT molecular complexity index is 577. The van der Waals surface area contributed by atoms with Crippen molar-refractivity contribution in [1.29, 1.82) is 0 Å². The molecule has 0 aliphatic heterocycles. The summed E-state index contributed by atoms with van der Waals surface area (Å²) >= 11 is 5.85. The van der Waals surface area contributed by atoms with E-state index in [1.54, 1.807) is 35.3 Å². The van der Waals surface area contributed by atoms with Crippen LogP contribution >= 0.6 is 11.6 Å². The zero-order chi connectivity index (χ0) is 13.7. The summed E-state index contributed by atoms with van der Waals surface area (Å²) in [6, 6.07) is 10.8. The number of nitrogens with zero attached hydrogens (tertiary/aromatic N) is 1. The van der Waals surface area contributed by atoms with Crippen LogP contribution in [-0.4, -0.2) is 12.5 Å². The van der Waals surface area contributed by atoms with Crippen molar-refractivity contribution in [2.75, 3.05) is 12.0 Å². The van der Waals surface area contributed by atoms with Crippen molar-refractivity contribution in [3.05, 3.63) is 59.4 Å². The van der Waals surface area contributed by atoms with Gasteiger partial charge in [-0.25, -0.2) is 0 Å². The van der Waals surface area contributed by atoms with E-state index in [4.69, 9.17) is 16.3 Å². The molecule has 1 N–H and O–H groups in total. The minimum absolute atomic E-state index is 0. The number of aromatic nitrogens is 1. The van der Waals surface area contributed by atoms with E-state index in [-0.39, 0.29) is 24.9 Å². The number of hydrogen-bond acceptors (Lipinski definition) is 2. The maximum absolute atomic E-state index is 11.7. The highest BCUT2D eigenvalue weighted by Gasteiger charge is 2.09. The van der Waals surface area contributed by atoms with Gasteiger partial charge in [0.25, 0.3) is 0 Å². The molecule has 0 saturated carbocycles. The van der Waals surface area contributed by atoms with Crippen LogP contribution in [0.4, 0.5) is 0 Å². The zero-order valence-electron chi connectivity index (χ0n) is 10.8. The van der Waals surface area contributed by atoms with Crippen molar-refractivity contribution in [1.82, 2.24) is 0 Å². The second kappa shape index (κ2) is 7.72. The minimum Gasteiger partial charge on any atom is -1.00 e. The maximum atomic E-state index is 11.7. The molecule has 4 nitrogen and oxygen atoms in total. The molecule has 6 heteroatoms. The van der Waals surface area contributed by atoms with Crippen molar-refractivity contribution in [3.63, 3.8) is 0 Å². The van der Waals surface area contributed by atoms with Gasteiger partial charge in [-0.05, 0) is 30.7 Å². The Morgan fingerprint density at radius 1 is 1.30 bits per heavy atom. The number of amides is 1. The molecule has 1 aromatic carbocycles. The average Bonchev–Trinajstić information content (AvgIpc) is 2.39. The zero-order valence-corrected chi connectivity index (χ0v) is 12.4. The molecule has 0 spiro atoms. The molecule has 0 unspecified atom stereocenters. The standard InChI is InChI=1S/C14H13ClN2O2.ClH/c1-11-9-12(15)5-6-13(11)19-10-14(18)16-17-7-3-2-4-8-17;/h2-9H,10H2,1H3;1H. The average molecular weight is 313 g/mol. The fraction of sp³-hybridized carbons (Fsp3) is 0.143. The van der Waals surface area contributed by atoms with Gasteiger partial charge in [0, 0.05) is 17.2 Å². The molecule has 0 bridgehead atoms. The molecular weight excluding hydrogens is 299 g/mol. The number of aryl methyl sites for hydroxylation is 1. The van der Waals surface area contributed by atoms with E-state index in [1.165, 1.54) is 0 Å². The van der Waals surface area contributed by atoms with E-state index in [2.05, 4.69) is 5.43 Å². The van der Waals surface area contributed by atoms with Gasteiger partial charge >= 0.3 is 5.91 Å². The smallest absolute Gasteiger partial charge is 0.312 e. The largest absolute Gasteiger partial charge is 1.00 e. The third kappa shape index (κ3) is 4.72. The SMILES string of the molecule is Cc1cc(Cl)ccc1OCC(=O)N[n+]1ccccc1.[Cl-]. The van der Waals surface area contributed by atoms with Gasteiger partial charge in [0.15, 0.2) is 19.0 Å². The van der Waals surface area contributed by atoms with Crippen LogP contribution < -0.4 is 27.2 Å². The van der Waals surface area contributed by atoms with E-state index in [1.807, 2.05) is 25.1 Å². The van der Waals surface area contributed by atoms with Gasteiger partial charge in [0.05, 0.1) is 0 Å². The number of rotatable bonds is 4. The quantitative estimate of drug-likeness (QED) is 0.743. The maximum Gasteiger partial charge on any atom is 0.312 e. The van der Waals surface area contributed by atoms with Gasteiger partial charge in [-0.1, -0.05) is 22.3 Å². The van der Waals surface area contributed by atoms with Crippen molar-refractivity contribution >= 4 is 17.5 Å². The van der Waals surface area contributed by atoms with E-state index < -0.39 is 0 Å². The van der Waals surface area contributed by atoms with Gasteiger partial charge in [-0.15, -0.1) is 5.43 Å². The predicted molar refractivity (Wildman–Crippen MR) is 72.7 cm³/mol. The first kappa shape index (κ1) is 16.3. The van der Waals surface area contributed by atoms with Crippen LogP contribution in [-0.2, 0) is 4.79 Å². The Balaban J connectivity index is 0.00000200. The highest BCUT2D eigenvalue weighted by molar-refractivity contribution is 6.30. The Morgan fingerprint density at radius 2 is 2.00 bits per heavy atom. The van der Waals surface area contributed by atoms with Crippen molar-refractivity contribution in [2.24, 2.45) is 0 Å². The minimum atomic E-state index is -0.231. The summed E-state index contributed by atoms with van der Waals surface area (Å²) < 4.78 is 7.01. The molecule has 0 fully saturated rings. The number of hydrogen-bond donors (Lipinski definition) is 1. The molecule has 1 heterocycles. The van der Waals surface area contributed by atoms with E-state index in [0.717, 1.165) is 5.56 Å². The summed E-state index contributed by atoms with van der Waals surface area (Å²) in [7, 11) is 0. The molecule has 0 aliphatic carbocycles. The summed E-state index contributed by atoms with van der Waals surface area (Å²) in [6.45, 7) is 1.83. The number of pyridine rings is 1. The second-order valence-electron chi connectivity index (χ2n) is 4.02. The summed E-state index contributed by atoms with van der Waals surface area (Å²) in [4.78, 5) is 11.7. The van der Waals surface area contributed by atoms with Crippen LogP contribution in [0, 0.1) is 6.92 Å². The van der Waals surface area contributed by atoms with E-state index in [0.29, 0.717) is 10.8 Å². The van der Waals surface area contributed by atoms with Crippen LogP contribution in [0.25, 0.3) is 0 Å². The number of ether oxygens (including phenoxy) is 1. The fourth-order valence-corrected chi connectivity index (χ4v) is 1.79. The lowest BCUT2D eigenvalue weighted by molar-refractivity contribution is -0.642. The van der Waals surface area contributed by atoms with Gasteiger partial charge < -0.3 is 17.1 Å². The number of nitrogens with one attached hydrogen (secondary N) is 1. The lowest BCUT2D eigenvalue weighted by Crippen LogP contribution is -3.00. The van der Waals surface area contributed by atoms with Gasteiger partial charge in [0.1, 0.15) is 5.75 Å². The summed E-state index contributed by atoms with van der Waals surface area (Å²) in [5, 5.41) is 0.647. The summed E-state index contributed by atoms with van der Waals surface area (Å²) in [5.41, 5.74) is 3.57. The van der Waals surface area contributed by atoms with Crippen LogP contribution in [0.1, 0.15) is 5.56 Å². The van der Waals surface area contributed by atoms with Crippen LogP contribution in [0.3, 0.4) is 0 Å². The van der Waals surface area contributed by atoms with E-state index in [9.17, 15) is 4.79 Å². The van der Waals surface area contributed by atoms with Crippen LogP contribution in [0.15, 0.2) is 48.8 Å². The third-order valence-electron chi connectivity index (χ3n) is 2.47. The van der Waals surface area contributed by atoms with Gasteiger partial charge in [-0.2, -0.15) is 0 Å². The first-order valence-corrected chi connectivity index (χ1v) is 6.18. The van der Waals surface area contributed by atoms with Crippen LogP contribution in [0.5, 0.6) is 5.75 Å². The number of carbonyl (C=O) groups excluding carboxylic acids is 1. The molecule has 1 amide bonds. The molecule has 0 radical (unpaired) electrons. The topological polar surface area (TPSA) is 42.2 Å². The molecule has 20 heavy (non-hydrogen) atoms. The summed E-state index contributed by atoms with van der Waals surface area (Å²) in [6.07, 6.45) is 3.48. The monoisotopic (exact) mass is 312 g/mol. The molecule has 0 saturated heterocycles. The number of halogens is 2. The number of benzene rings is 1. The van der Waals surface area contributed by atoms with Crippen molar-refractivity contribution in [2.45, 2.75) is 6.92 Å². The van der Waals surface area contributed by atoms with E-state index >= 15 is 0 Å². The number of carbonyl (C=O) groups is 1. The molecule has 1 aromatic heterocycles. The van der Waals surface area contributed by atoms with Crippen molar-refractivity contribution in [3.8, 4) is 5.75 Å². The molecule has 106 valence electrons. The molecule has 0 aliphatic rings. The molecule has 2 aromatic rings. The Morgan fingerprint density at radius 3 is 2.65 bits per heavy atom.